The lowest BCUT2D eigenvalue weighted by atomic mass is 10.1. The minimum Gasteiger partial charge on any atom is -0.368 e. The molecule has 0 atom stereocenters. The highest BCUT2D eigenvalue weighted by Crippen LogP contribution is 2.18. The van der Waals surface area contributed by atoms with E-state index in [0.29, 0.717) is 12.3 Å². The number of Topliss-reactive ketones (excluding diaryl/α,β-unsaturated/α-hetero) is 1. The van der Waals surface area contributed by atoms with Crippen LogP contribution in [-0.2, 0) is 4.79 Å². The lowest BCUT2D eigenvalue weighted by Gasteiger charge is -2.36. The van der Waals surface area contributed by atoms with Gasteiger partial charge in [0.2, 0.25) is 5.91 Å². The first-order valence-electron chi connectivity index (χ1n) is 9.61. The van der Waals surface area contributed by atoms with Gasteiger partial charge in [-0.2, -0.15) is 0 Å². The van der Waals surface area contributed by atoms with Crippen molar-refractivity contribution in [3.05, 3.63) is 29.8 Å². The Morgan fingerprint density at radius 2 is 1.56 bits per heavy atom. The molecule has 1 aliphatic heterocycles. The van der Waals surface area contributed by atoms with Crippen molar-refractivity contribution in [2.24, 2.45) is 5.92 Å². The van der Waals surface area contributed by atoms with Crippen molar-refractivity contribution in [1.29, 1.82) is 0 Å². The van der Waals surface area contributed by atoms with Crippen molar-refractivity contribution in [2.75, 3.05) is 31.1 Å². The molecule has 4 nitrogen and oxygen atoms in total. The predicted octanol–water partition coefficient (Wildman–Crippen LogP) is 4.39. The van der Waals surface area contributed by atoms with Crippen LogP contribution < -0.4 is 4.90 Å². The maximum Gasteiger partial charge on any atom is 0.222 e. The molecule has 1 heterocycles. The zero-order valence-electron chi connectivity index (χ0n) is 16.5. The molecule has 0 radical (unpaired) electrons. The van der Waals surface area contributed by atoms with Gasteiger partial charge in [-0.1, -0.05) is 34.1 Å². The summed E-state index contributed by atoms with van der Waals surface area (Å²) in [7, 11) is 0. The Balaban J connectivity index is 0.00000151. The van der Waals surface area contributed by atoms with Gasteiger partial charge in [-0.05, 0) is 43.5 Å². The first-order chi connectivity index (χ1) is 12.0. The van der Waals surface area contributed by atoms with Gasteiger partial charge in [0.1, 0.15) is 0 Å². The van der Waals surface area contributed by atoms with Crippen LogP contribution >= 0.6 is 0 Å². The lowest BCUT2D eigenvalue weighted by Crippen LogP contribution is -2.48. The Bertz CT molecular complexity index is 529. The summed E-state index contributed by atoms with van der Waals surface area (Å²) in [5, 5.41) is 0. The number of piperazine rings is 1. The van der Waals surface area contributed by atoms with Crippen molar-refractivity contribution < 1.29 is 9.59 Å². The number of ketones is 1. The molecule has 0 bridgehead atoms. The molecule has 140 valence electrons. The Hall–Kier alpha value is -1.84. The van der Waals surface area contributed by atoms with Gasteiger partial charge in [-0.3, -0.25) is 9.59 Å². The molecule has 1 fully saturated rings. The van der Waals surface area contributed by atoms with Gasteiger partial charge in [0.05, 0.1) is 0 Å². The summed E-state index contributed by atoms with van der Waals surface area (Å²) in [4.78, 5) is 27.8. The molecular formula is C21H34N2O2. The van der Waals surface area contributed by atoms with Crippen LogP contribution in [0.1, 0.15) is 64.2 Å². The Labute approximate surface area is 153 Å². The van der Waals surface area contributed by atoms with Gasteiger partial charge < -0.3 is 9.80 Å². The van der Waals surface area contributed by atoms with Gasteiger partial charge in [0, 0.05) is 43.9 Å². The van der Waals surface area contributed by atoms with Crippen LogP contribution in [-0.4, -0.2) is 42.8 Å². The van der Waals surface area contributed by atoms with E-state index in [1.807, 2.05) is 43.0 Å². The number of carbonyl (C=O) groups excluding carboxylic acids is 2. The first kappa shape index (κ1) is 21.2. The van der Waals surface area contributed by atoms with Crippen LogP contribution in [0.5, 0.6) is 0 Å². The highest BCUT2D eigenvalue weighted by molar-refractivity contribution is 5.94. The van der Waals surface area contributed by atoms with Crippen LogP contribution in [0.15, 0.2) is 24.3 Å². The quantitative estimate of drug-likeness (QED) is 0.717. The molecule has 0 saturated carbocycles. The molecular weight excluding hydrogens is 312 g/mol. The van der Waals surface area contributed by atoms with Crippen LogP contribution in [0.2, 0.25) is 0 Å². The molecule has 2 rings (SSSR count). The van der Waals surface area contributed by atoms with Crippen LogP contribution in [0.3, 0.4) is 0 Å². The van der Waals surface area contributed by atoms with E-state index >= 15 is 0 Å². The Morgan fingerprint density at radius 3 is 2.04 bits per heavy atom. The second-order valence-electron chi connectivity index (χ2n) is 6.76. The van der Waals surface area contributed by atoms with Crippen molar-refractivity contribution in [1.82, 2.24) is 4.90 Å². The van der Waals surface area contributed by atoms with Gasteiger partial charge in [-0.15, -0.1) is 0 Å². The molecule has 1 aromatic carbocycles. The standard InChI is InChI=1S/C19H28N2O2.C2H6/c1-15(2)5-4-6-19(23)21-13-11-20(12-14-21)18-9-7-17(8-10-18)16(3)22;1-2/h7-10,15H,4-6,11-14H2,1-3H3;1-2H3. The zero-order chi connectivity index (χ0) is 18.8. The second-order valence-corrected chi connectivity index (χ2v) is 6.76. The Kier molecular flexibility index (Phi) is 9.25. The largest absolute Gasteiger partial charge is 0.368 e. The molecule has 4 heteroatoms. The summed E-state index contributed by atoms with van der Waals surface area (Å²) in [6, 6.07) is 7.75. The van der Waals surface area contributed by atoms with E-state index in [2.05, 4.69) is 18.7 Å². The molecule has 1 saturated heterocycles. The number of amides is 1. The second kappa shape index (κ2) is 10.9. The van der Waals surface area contributed by atoms with Gasteiger partial charge in [0.15, 0.2) is 5.78 Å². The van der Waals surface area contributed by atoms with Crippen LogP contribution in [0, 0.1) is 5.92 Å². The normalized spacial score (nSPS) is 14.2. The number of benzene rings is 1. The SMILES string of the molecule is CC.CC(=O)c1ccc(N2CCN(C(=O)CCCC(C)C)CC2)cc1. The molecule has 25 heavy (non-hydrogen) atoms. The summed E-state index contributed by atoms with van der Waals surface area (Å²) in [5.74, 6) is 1.04. The fraction of sp³-hybridized carbons (Fsp3) is 0.619. The molecule has 0 aromatic heterocycles. The number of hydrogen-bond donors (Lipinski definition) is 0. The van der Waals surface area contributed by atoms with E-state index < -0.39 is 0 Å². The summed E-state index contributed by atoms with van der Waals surface area (Å²) >= 11 is 0. The average molecular weight is 347 g/mol. The molecule has 0 aliphatic carbocycles. The molecule has 1 aromatic rings. The molecule has 1 amide bonds. The molecule has 0 N–H and O–H groups in total. The maximum absolute atomic E-state index is 12.2. The molecule has 0 spiro atoms. The van der Waals surface area contributed by atoms with Crippen LogP contribution in [0.4, 0.5) is 5.69 Å². The minimum atomic E-state index is 0.0911. The summed E-state index contributed by atoms with van der Waals surface area (Å²) in [6.45, 7) is 13.3. The third-order valence-electron chi connectivity index (χ3n) is 4.44. The average Bonchev–Trinajstić information content (AvgIpc) is 2.63. The predicted molar refractivity (Wildman–Crippen MR) is 105 cm³/mol. The van der Waals surface area contributed by atoms with Crippen molar-refractivity contribution >= 4 is 17.4 Å². The zero-order valence-corrected chi connectivity index (χ0v) is 16.5. The highest BCUT2D eigenvalue weighted by Gasteiger charge is 2.21. The summed E-state index contributed by atoms with van der Waals surface area (Å²) in [5.41, 5.74) is 1.87. The van der Waals surface area contributed by atoms with Gasteiger partial charge >= 0.3 is 0 Å². The number of nitrogens with zero attached hydrogens (tertiary/aromatic N) is 2. The van der Waals surface area contributed by atoms with E-state index in [1.54, 1.807) is 6.92 Å². The van der Waals surface area contributed by atoms with E-state index in [4.69, 9.17) is 0 Å². The van der Waals surface area contributed by atoms with E-state index in [0.717, 1.165) is 50.3 Å². The lowest BCUT2D eigenvalue weighted by molar-refractivity contribution is -0.131. The van der Waals surface area contributed by atoms with Crippen molar-refractivity contribution in [2.45, 2.75) is 53.9 Å². The highest BCUT2D eigenvalue weighted by atomic mass is 16.2. The van der Waals surface area contributed by atoms with E-state index in [9.17, 15) is 9.59 Å². The number of anilines is 1. The smallest absolute Gasteiger partial charge is 0.222 e. The molecule has 1 aliphatic rings. The first-order valence-corrected chi connectivity index (χ1v) is 9.61. The minimum absolute atomic E-state index is 0.0911. The fourth-order valence-electron chi connectivity index (χ4n) is 2.94. The maximum atomic E-state index is 12.2. The fourth-order valence-corrected chi connectivity index (χ4v) is 2.94. The number of hydrogen-bond acceptors (Lipinski definition) is 3. The Morgan fingerprint density at radius 1 is 1.00 bits per heavy atom. The monoisotopic (exact) mass is 346 g/mol. The summed E-state index contributed by atoms with van der Waals surface area (Å²) < 4.78 is 0. The van der Waals surface area contributed by atoms with Gasteiger partial charge in [0.25, 0.3) is 0 Å². The van der Waals surface area contributed by atoms with E-state index in [1.165, 1.54) is 0 Å². The molecule has 0 unspecified atom stereocenters. The van der Waals surface area contributed by atoms with Crippen LogP contribution in [0.25, 0.3) is 0 Å². The summed E-state index contributed by atoms with van der Waals surface area (Å²) in [6.07, 6.45) is 2.78. The third kappa shape index (κ3) is 6.89. The third-order valence-corrected chi connectivity index (χ3v) is 4.44. The number of rotatable bonds is 6. The number of carbonyl (C=O) groups is 2. The van der Waals surface area contributed by atoms with E-state index in [-0.39, 0.29) is 11.7 Å². The van der Waals surface area contributed by atoms with Crippen molar-refractivity contribution in [3.8, 4) is 0 Å². The topological polar surface area (TPSA) is 40.6 Å². The van der Waals surface area contributed by atoms with Gasteiger partial charge in [-0.25, -0.2) is 0 Å². The van der Waals surface area contributed by atoms with Crippen molar-refractivity contribution in [3.63, 3.8) is 0 Å².